The van der Waals surface area contributed by atoms with Gasteiger partial charge in [0.1, 0.15) is 0 Å². The van der Waals surface area contributed by atoms with Crippen molar-refractivity contribution in [1.29, 1.82) is 0 Å². The second-order valence-corrected chi connectivity index (χ2v) is 6.78. The first kappa shape index (κ1) is 16.0. The molecule has 1 saturated heterocycles. The summed E-state index contributed by atoms with van der Waals surface area (Å²) in [6, 6.07) is 7.72. The van der Waals surface area contributed by atoms with E-state index in [1.165, 1.54) is 5.56 Å². The van der Waals surface area contributed by atoms with Crippen molar-refractivity contribution >= 4 is 5.91 Å². The molecule has 4 heteroatoms. The van der Waals surface area contributed by atoms with Crippen molar-refractivity contribution < 1.29 is 4.79 Å². The summed E-state index contributed by atoms with van der Waals surface area (Å²) in [4.78, 5) is 17.1. The van der Waals surface area contributed by atoms with Gasteiger partial charge in [0.2, 0.25) is 0 Å². The van der Waals surface area contributed by atoms with Gasteiger partial charge in [-0.1, -0.05) is 17.7 Å². The molecule has 0 unspecified atom stereocenters. The van der Waals surface area contributed by atoms with Crippen molar-refractivity contribution in [3.63, 3.8) is 0 Å². The lowest BCUT2D eigenvalue weighted by molar-refractivity contribution is 0.0850. The average molecular weight is 289 g/mol. The summed E-state index contributed by atoms with van der Waals surface area (Å²) in [7, 11) is 2.15. The standard InChI is InChI=1S/C17H27N3O/c1-14-5-7-15(8-6-14)16(21)18-17(2,3)13-20-11-9-19(4)10-12-20/h5-8H,9-13H2,1-4H3,(H,18,21). The number of benzene rings is 1. The number of rotatable bonds is 4. The normalized spacial score (nSPS) is 17.7. The smallest absolute Gasteiger partial charge is 0.251 e. The zero-order chi connectivity index (χ0) is 15.5. The Morgan fingerprint density at radius 3 is 2.29 bits per heavy atom. The first-order valence-electron chi connectivity index (χ1n) is 7.66. The van der Waals surface area contributed by atoms with Crippen molar-refractivity contribution in [3.05, 3.63) is 35.4 Å². The van der Waals surface area contributed by atoms with E-state index in [1.807, 2.05) is 31.2 Å². The molecule has 0 aromatic heterocycles. The third kappa shape index (κ3) is 4.83. The van der Waals surface area contributed by atoms with E-state index in [9.17, 15) is 4.79 Å². The molecule has 4 nitrogen and oxygen atoms in total. The third-order valence-corrected chi connectivity index (χ3v) is 3.98. The number of hydrogen-bond donors (Lipinski definition) is 1. The highest BCUT2D eigenvalue weighted by molar-refractivity contribution is 5.94. The number of amides is 1. The second kappa shape index (κ2) is 6.58. The predicted octanol–water partition coefficient (Wildman–Crippen LogP) is 1.75. The van der Waals surface area contributed by atoms with Crippen LogP contribution < -0.4 is 5.32 Å². The first-order chi connectivity index (χ1) is 9.85. The van der Waals surface area contributed by atoms with Gasteiger partial charge in [-0.25, -0.2) is 0 Å². The highest BCUT2D eigenvalue weighted by Crippen LogP contribution is 2.11. The minimum absolute atomic E-state index is 0.00845. The van der Waals surface area contributed by atoms with Gasteiger partial charge < -0.3 is 10.2 Å². The van der Waals surface area contributed by atoms with E-state index in [2.05, 4.69) is 36.0 Å². The van der Waals surface area contributed by atoms with E-state index >= 15 is 0 Å². The molecule has 1 N–H and O–H groups in total. The van der Waals surface area contributed by atoms with Crippen molar-refractivity contribution in [1.82, 2.24) is 15.1 Å². The molecule has 21 heavy (non-hydrogen) atoms. The van der Waals surface area contributed by atoms with Gasteiger partial charge in [-0.3, -0.25) is 9.69 Å². The Hall–Kier alpha value is -1.39. The minimum Gasteiger partial charge on any atom is -0.346 e. The Balaban J connectivity index is 1.90. The van der Waals surface area contributed by atoms with Gasteiger partial charge >= 0.3 is 0 Å². The fourth-order valence-electron chi connectivity index (χ4n) is 2.69. The van der Waals surface area contributed by atoms with E-state index in [1.54, 1.807) is 0 Å². The number of aryl methyl sites for hydroxylation is 1. The number of likely N-dealkylation sites (N-methyl/N-ethyl adjacent to an activating group) is 1. The van der Waals surface area contributed by atoms with Crippen LogP contribution in [0.5, 0.6) is 0 Å². The summed E-state index contributed by atoms with van der Waals surface area (Å²) in [5.41, 5.74) is 1.67. The average Bonchev–Trinajstić information content (AvgIpc) is 2.41. The molecular formula is C17H27N3O. The van der Waals surface area contributed by atoms with E-state index in [-0.39, 0.29) is 11.4 Å². The molecule has 1 fully saturated rings. The molecule has 1 amide bonds. The summed E-state index contributed by atoms with van der Waals surface area (Å²) in [6.45, 7) is 11.4. The zero-order valence-electron chi connectivity index (χ0n) is 13.6. The molecule has 2 rings (SSSR count). The molecule has 0 bridgehead atoms. The van der Waals surface area contributed by atoms with Gasteiger partial charge in [0.15, 0.2) is 0 Å². The van der Waals surface area contributed by atoms with Gasteiger partial charge in [-0.15, -0.1) is 0 Å². The number of nitrogens with zero attached hydrogens (tertiary/aromatic N) is 2. The summed E-state index contributed by atoms with van der Waals surface area (Å²) < 4.78 is 0. The summed E-state index contributed by atoms with van der Waals surface area (Å²) in [5.74, 6) is 0.00845. The molecule has 1 aliphatic rings. The van der Waals surface area contributed by atoms with Gasteiger partial charge in [-0.05, 0) is 40.0 Å². The van der Waals surface area contributed by atoms with Crippen LogP contribution in [0.1, 0.15) is 29.8 Å². The van der Waals surface area contributed by atoms with Crippen LogP contribution in [-0.4, -0.2) is 61.0 Å². The maximum Gasteiger partial charge on any atom is 0.251 e. The molecule has 0 radical (unpaired) electrons. The first-order valence-corrected chi connectivity index (χ1v) is 7.66. The Bertz CT molecular complexity index is 473. The van der Waals surface area contributed by atoms with Crippen LogP contribution in [0.25, 0.3) is 0 Å². The van der Waals surface area contributed by atoms with Gasteiger partial charge in [-0.2, -0.15) is 0 Å². The molecule has 0 atom stereocenters. The molecule has 1 aromatic carbocycles. The topological polar surface area (TPSA) is 35.6 Å². The van der Waals surface area contributed by atoms with Crippen molar-refractivity contribution in [2.45, 2.75) is 26.3 Å². The van der Waals surface area contributed by atoms with Crippen molar-refractivity contribution in [2.75, 3.05) is 39.8 Å². The fourth-order valence-corrected chi connectivity index (χ4v) is 2.69. The SMILES string of the molecule is Cc1ccc(C(=O)NC(C)(C)CN2CCN(C)CC2)cc1. The Morgan fingerprint density at radius 2 is 1.71 bits per heavy atom. The molecule has 116 valence electrons. The van der Waals surface area contributed by atoms with Crippen LogP contribution in [0.3, 0.4) is 0 Å². The van der Waals surface area contributed by atoms with Gasteiger partial charge in [0.05, 0.1) is 0 Å². The number of piperazine rings is 1. The lowest BCUT2D eigenvalue weighted by atomic mass is 10.0. The summed E-state index contributed by atoms with van der Waals surface area (Å²) in [5, 5.41) is 3.16. The largest absolute Gasteiger partial charge is 0.346 e. The maximum atomic E-state index is 12.3. The highest BCUT2D eigenvalue weighted by atomic mass is 16.1. The Kier molecular flexibility index (Phi) is 5.01. The molecule has 1 aromatic rings. The van der Waals surface area contributed by atoms with Gasteiger partial charge in [0.25, 0.3) is 5.91 Å². The molecule has 0 spiro atoms. The zero-order valence-corrected chi connectivity index (χ0v) is 13.6. The van der Waals surface area contributed by atoms with Crippen molar-refractivity contribution in [3.8, 4) is 0 Å². The quantitative estimate of drug-likeness (QED) is 0.917. The van der Waals surface area contributed by atoms with Crippen LogP contribution >= 0.6 is 0 Å². The summed E-state index contributed by atoms with van der Waals surface area (Å²) >= 11 is 0. The van der Waals surface area contributed by atoms with E-state index in [0.29, 0.717) is 0 Å². The monoisotopic (exact) mass is 289 g/mol. The molecule has 1 heterocycles. The minimum atomic E-state index is -0.224. The Labute approximate surface area is 128 Å². The van der Waals surface area contributed by atoms with Crippen LogP contribution in [0.2, 0.25) is 0 Å². The molecule has 0 aliphatic carbocycles. The van der Waals surface area contributed by atoms with Crippen LogP contribution in [-0.2, 0) is 0 Å². The maximum absolute atomic E-state index is 12.3. The fraction of sp³-hybridized carbons (Fsp3) is 0.588. The van der Waals surface area contributed by atoms with E-state index < -0.39 is 0 Å². The lowest BCUT2D eigenvalue weighted by Gasteiger charge is -2.38. The van der Waals surface area contributed by atoms with Crippen molar-refractivity contribution in [2.24, 2.45) is 0 Å². The number of carbonyl (C=O) groups is 1. The second-order valence-electron chi connectivity index (χ2n) is 6.78. The van der Waals surface area contributed by atoms with Gasteiger partial charge in [0, 0.05) is 43.8 Å². The number of carbonyl (C=O) groups excluding carboxylic acids is 1. The molecule has 1 aliphatic heterocycles. The predicted molar refractivity (Wildman–Crippen MR) is 86.7 cm³/mol. The van der Waals surface area contributed by atoms with E-state index in [0.717, 1.165) is 38.3 Å². The van der Waals surface area contributed by atoms with Crippen LogP contribution in [0, 0.1) is 6.92 Å². The molecule has 0 saturated carbocycles. The van der Waals surface area contributed by atoms with Crippen LogP contribution in [0.4, 0.5) is 0 Å². The lowest BCUT2D eigenvalue weighted by Crippen LogP contribution is -2.55. The highest BCUT2D eigenvalue weighted by Gasteiger charge is 2.25. The number of nitrogens with one attached hydrogen (secondary N) is 1. The third-order valence-electron chi connectivity index (χ3n) is 3.98. The number of hydrogen-bond acceptors (Lipinski definition) is 3. The van der Waals surface area contributed by atoms with E-state index in [4.69, 9.17) is 0 Å². The summed E-state index contributed by atoms with van der Waals surface area (Å²) in [6.07, 6.45) is 0. The van der Waals surface area contributed by atoms with Crippen LogP contribution in [0.15, 0.2) is 24.3 Å². The Morgan fingerprint density at radius 1 is 1.14 bits per heavy atom. The molecular weight excluding hydrogens is 262 g/mol.